The molecule has 0 aliphatic rings. The van der Waals surface area contributed by atoms with Crippen molar-refractivity contribution in [1.82, 2.24) is 10.3 Å². The topological polar surface area (TPSA) is 80.0 Å². The van der Waals surface area contributed by atoms with Gasteiger partial charge in [0.25, 0.3) is 0 Å². The molecule has 0 atom stereocenters. The molecule has 0 unspecified atom stereocenters. The average Bonchev–Trinajstić information content (AvgIpc) is 2.45. The highest BCUT2D eigenvalue weighted by molar-refractivity contribution is 7.19. The van der Waals surface area contributed by atoms with Gasteiger partial charge in [-0.15, -0.1) is 0 Å². The molecular formula is C6H9ClN4OS. The first kappa shape index (κ1) is 10.1. The predicted molar refractivity (Wildman–Crippen MR) is 53.2 cm³/mol. The molecule has 1 heterocycles. The number of carbonyl (C=O) groups excluding carboxylic acids is 1. The third-order valence-electron chi connectivity index (χ3n) is 1.18. The summed E-state index contributed by atoms with van der Waals surface area (Å²) < 4.78 is 0.630. The van der Waals surface area contributed by atoms with Crippen LogP contribution in [0.2, 0.25) is 4.34 Å². The van der Waals surface area contributed by atoms with E-state index in [2.05, 4.69) is 15.6 Å². The third kappa shape index (κ3) is 3.95. The van der Waals surface area contributed by atoms with Crippen LogP contribution in [0.1, 0.15) is 0 Å². The van der Waals surface area contributed by atoms with Gasteiger partial charge in [0, 0.05) is 13.1 Å². The maximum Gasteiger partial charge on any atom is 0.312 e. The Morgan fingerprint density at radius 1 is 1.69 bits per heavy atom. The monoisotopic (exact) mass is 220 g/mol. The number of thiazole rings is 1. The lowest BCUT2D eigenvalue weighted by Crippen LogP contribution is -2.33. The van der Waals surface area contributed by atoms with E-state index < -0.39 is 6.03 Å². The Kier molecular flexibility index (Phi) is 3.78. The number of hydrogen-bond acceptors (Lipinski definition) is 4. The van der Waals surface area contributed by atoms with E-state index in [0.29, 0.717) is 17.4 Å². The normalized spacial score (nSPS) is 9.62. The summed E-state index contributed by atoms with van der Waals surface area (Å²) in [5.41, 5.74) is 4.86. The van der Waals surface area contributed by atoms with Crippen LogP contribution in [0.4, 0.5) is 9.93 Å². The van der Waals surface area contributed by atoms with Crippen LogP contribution in [-0.4, -0.2) is 24.1 Å². The van der Waals surface area contributed by atoms with Crippen LogP contribution in [-0.2, 0) is 0 Å². The van der Waals surface area contributed by atoms with E-state index in [0.717, 1.165) is 5.13 Å². The number of aromatic nitrogens is 1. The van der Waals surface area contributed by atoms with Crippen molar-refractivity contribution < 1.29 is 4.79 Å². The zero-order chi connectivity index (χ0) is 9.68. The Labute approximate surface area is 84.3 Å². The summed E-state index contributed by atoms with van der Waals surface area (Å²) in [6, 6.07) is -0.529. The molecule has 5 nitrogen and oxygen atoms in total. The molecule has 0 aliphatic carbocycles. The largest absolute Gasteiger partial charge is 0.360 e. The highest BCUT2D eigenvalue weighted by Crippen LogP contribution is 2.21. The summed E-state index contributed by atoms with van der Waals surface area (Å²) in [5, 5.41) is 6.15. The van der Waals surface area contributed by atoms with E-state index in [9.17, 15) is 4.79 Å². The summed E-state index contributed by atoms with van der Waals surface area (Å²) in [6.45, 7) is 1.04. The van der Waals surface area contributed by atoms with Crippen molar-refractivity contribution in [3.8, 4) is 0 Å². The number of primary amides is 1. The molecule has 0 aliphatic heterocycles. The first-order valence-corrected chi connectivity index (χ1v) is 4.76. The lowest BCUT2D eigenvalue weighted by atomic mass is 10.6. The van der Waals surface area contributed by atoms with Gasteiger partial charge < -0.3 is 16.4 Å². The van der Waals surface area contributed by atoms with E-state index >= 15 is 0 Å². The summed E-state index contributed by atoms with van der Waals surface area (Å²) in [4.78, 5) is 14.2. The Balaban J connectivity index is 2.16. The van der Waals surface area contributed by atoms with Crippen molar-refractivity contribution in [2.24, 2.45) is 5.73 Å². The molecular weight excluding hydrogens is 212 g/mol. The Morgan fingerprint density at radius 3 is 3.00 bits per heavy atom. The minimum absolute atomic E-state index is 0.465. The molecule has 13 heavy (non-hydrogen) atoms. The lowest BCUT2D eigenvalue weighted by Gasteiger charge is -2.01. The number of nitrogens with zero attached hydrogens (tertiary/aromatic N) is 1. The summed E-state index contributed by atoms with van der Waals surface area (Å²) in [5.74, 6) is 0. The van der Waals surface area contributed by atoms with Crippen molar-refractivity contribution in [3.63, 3.8) is 0 Å². The number of anilines is 1. The summed E-state index contributed by atoms with van der Waals surface area (Å²) >= 11 is 7.00. The van der Waals surface area contributed by atoms with Crippen molar-refractivity contribution in [2.45, 2.75) is 0 Å². The van der Waals surface area contributed by atoms with Gasteiger partial charge >= 0.3 is 6.03 Å². The number of nitrogens with one attached hydrogen (secondary N) is 2. The first-order valence-electron chi connectivity index (χ1n) is 3.57. The third-order valence-corrected chi connectivity index (χ3v) is 2.25. The fourth-order valence-corrected chi connectivity index (χ4v) is 1.53. The second-order valence-electron chi connectivity index (χ2n) is 2.19. The highest BCUT2D eigenvalue weighted by atomic mass is 35.5. The molecule has 7 heteroatoms. The smallest absolute Gasteiger partial charge is 0.312 e. The van der Waals surface area contributed by atoms with Crippen LogP contribution in [0.25, 0.3) is 0 Å². The number of rotatable bonds is 4. The van der Waals surface area contributed by atoms with Crippen molar-refractivity contribution in [2.75, 3.05) is 18.4 Å². The molecule has 0 spiro atoms. The summed E-state index contributed by atoms with van der Waals surface area (Å²) in [6.07, 6.45) is 1.57. The Bertz CT molecular complexity index is 290. The molecule has 0 fully saturated rings. The van der Waals surface area contributed by atoms with Crippen molar-refractivity contribution in [3.05, 3.63) is 10.5 Å². The van der Waals surface area contributed by atoms with Gasteiger partial charge in [0.15, 0.2) is 5.13 Å². The van der Waals surface area contributed by atoms with Crippen molar-refractivity contribution in [1.29, 1.82) is 0 Å². The van der Waals surface area contributed by atoms with E-state index in [1.807, 2.05) is 0 Å². The van der Waals surface area contributed by atoms with Crippen molar-refractivity contribution >= 4 is 34.1 Å². The van der Waals surface area contributed by atoms with Crippen LogP contribution in [0.3, 0.4) is 0 Å². The average molecular weight is 221 g/mol. The first-order chi connectivity index (χ1) is 6.18. The fraction of sp³-hybridized carbons (Fsp3) is 0.333. The summed E-state index contributed by atoms with van der Waals surface area (Å²) in [7, 11) is 0. The van der Waals surface area contributed by atoms with Gasteiger partial charge in [0.2, 0.25) is 0 Å². The highest BCUT2D eigenvalue weighted by Gasteiger charge is 1.97. The zero-order valence-corrected chi connectivity index (χ0v) is 8.28. The van der Waals surface area contributed by atoms with Crippen LogP contribution in [0.5, 0.6) is 0 Å². The van der Waals surface area contributed by atoms with Gasteiger partial charge in [-0.05, 0) is 0 Å². The van der Waals surface area contributed by atoms with Crippen LogP contribution in [0, 0.1) is 0 Å². The molecule has 0 radical (unpaired) electrons. The second-order valence-corrected chi connectivity index (χ2v) is 3.85. The van der Waals surface area contributed by atoms with E-state index in [1.165, 1.54) is 11.3 Å². The Morgan fingerprint density at radius 2 is 2.46 bits per heavy atom. The van der Waals surface area contributed by atoms with Gasteiger partial charge in [-0.2, -0.15) is 0 Å². The number of nitrogens with two attached hydrogens (primary N) is 1. The number of hydrogen-bond donors (Lipinski definition) is 3. The molecule has 4 N–H and O–H groups in total. The van der Waals surface area contributed by atoms with E-state index in [1.54, 1.807) is 6.20 Å². The van der Waals surface area contributed by atoms with E-state index in [4.69, 9.17) is 17.3 Å². The van der Waals surface area contributed by atoms with Gasteiger partial charge in [-0.1, -0.05) is 22.9 Å². The van der Waals surface area contributed by atoms with E-state index in [-0.39, 0.29) is 0 Å². The van der Waals surface area contributed by atoms with Gasteiger partial charge in [0.05, 0.1) is 6.20 Å². The maximum atomic E-state index is 10.3. The van der Waals surface area contributed by atoms with Crippen LogP contribution >= 0.6 is 22.9 Å². The molecule has 0 saturated carbocycles. The predicted octanol–water partition coefficient (Wildman–Crippen LogP) is 0.877. The number of amides is 2. The minimum atomic E-state index is -0.529. The molecule has 1 rings (SSSR count). The molecule has 0 bridgehead atoms. The van der Waals surface area contributed by atoms with Gasteiger partial charge in [-0.25, -0.2) is 9.78 Å². The van der Waals surface area contributed by atoms with Crippen LogP contribution in [0.15, 0.2) is 6.20 Å². The van der Waals surface area contributed by atoms with Crippen LogP contribution < -0.4 is 16.4 Å². The minimum Gasteiger partial charge on any atom is -0.360 e. The number of carbonyl (C=O) groups is 1. The molecule has 72 valence electrons. The zero-order valence-electron chi connectivity index (χ0n) is 6.71. The quantitative estimate of drug-likeness (QED) is 0.659. The molecule has 0 saturated heterocycles. The Hall–Kier alpha value is -1.01. The van der Waals surface area contributed by atoms with Gasteiger partial charge in [-0.3, -0.25) is 0 Å². The molecule has 1 aromatic rings. The standard InChI is InChI=1S/C6H9ClN4OS/c7-4-3-11-6(13-4)10-2-1-9-5(8)12/h3H,1-2H2,(H,10,11)(H3,8,9,12). The molecule has 0 aromatic carbocycles. The number of halogens is 1. The lowest BCUT2D eigenvalue weighted by molar-refractivity contribution is 0.249. The second kappa shape index (κ2) is 4.88. The molecule has 1 aromatic heterocycles. The SMILES string of the molecule is NC(=O)NCCNc1ncc(Cl)s1. The molecule has 2 amide bonds. The van der Waals surface area contributed by atoms with Gasteiger partial charge in [0.1, 0.15) is 4.34 Å². The number of urea groups is 1. The fourth-order valence-electron chi connectivity index (χ4n) is 0.691. The maximum absolute atomic E-state index is 10.3.